The molecule has 34 heavy (non-hydrogen) atoms. The number of nitrogens with zero attached hydrogens (tertiary/aromatic N) is 1. The van der Waals surface area contributed by atoms with Crippen LogP contribution in [0.5, 0.6) is 11.5 Å². The van der Waals surface area contributed by atoms with Crippen LogP contribution in [0, 0.1) is 5.82 Å². The molecule has 0 spiro atoms. The van der Waals surface area contributed by atoms with Crippen LogP contribution in [-0.2, 0) is 9.59 Å². The molecule has 8 heteroatoms. The fourth-order valence-electron chi connectivity index (χ4n) is 3.98. The molecule has 1 aliphatic heterocycles. The van der Waals surface area contributed by atoms with Crippen molar-refractivity contribution in [3.63, 3.8) is 0 Å². The molecule has 0 radical (unpaired) electrons. The number of rotatable bonds is 9. The maximum absolute atomic E-state index is 14.6. The van der Waals surface area contributed by atoms with Crippen molar-refractivity contribution in [2.75, 3.05) is 34.3 Å². The molecule has 1 atom stereocenters. The maximum atomic E-state index is 14.6. The number of nitrogens with one attached hydrogen (secondary N) is 1. The number of benzene rings is 2. The van der Waals surface area contributed by atoms with E-state index in [0.717, 1.165) is 12.6 Å². The van der Waals surface area contributed by atoms with Crippen molar-refractivity contribution in [2.45, 2.75) is 32.4 Å². The van der Waals surface area contributed by atoms with E-state index in [0.29, 0.717) is 24.3 Å². The number of ether oxygens (including phenoxy) is 2. The Labute approximate surface area is 199 Å². The largest absolute Gasteiger partial charge is 0.872 e. The van der Waals surface area contributed by atoms with Gasteiger partial charge >= 0.3 is 0 Å². The Balaban J connectivity index is 2.07. The van der Waals surface area contributed by atoms with Gasteiger partial charge in [-0.3, -0.25) is 9.59 Å². The molecule has 0 saturated carbocycles. The molecule has 7 nitrogen and oxygen atoms in total. The number of carbonyl (C=O) groups excluding carboxylic acids is 2. The first-order valence-corrected chi connectivity index (χ1v) is 11.3. The SMILES string of the molecule is COc1ccc(C2C(=C([O-])c3ccc(OC(C)C)c(F)c3)C(=O)C(=O)N2CCC[NH+](C)C)cc1. The second-order valence-corrected chi connectivity index (χ2v) is 8.87. The molecule has 182 valence electrons. The maximum Gasteiger partial charge on any atom is 0.295 e. The summed E-state index contributed by atoms with van der Waals surface area (Å²) in [6, 6.07) is 9.86. The van der Waals surface area contributed by atoms with Gasteiger partial charge in [0.1, 0.15) is 5.75 Å². The summed E-state index contributed by atoms with van der Waals surface area (Å²) in [6.07, 6.45) is 0.419. The lowest BCUT2D eigenvalue weighted by molar-refractivity contribution is -0.858. The molecule has 1 saturated heterocycles. The summed E-state index contributed by atoms with van der Waals surface area (Å²) in [7, 11) is 5.54. The summed E-state index contributed by atoms with van der Waals surface area (Å²) in [5.74, 6) is -2.33. The van der Waals surface area contributed by atoms with Gasteiger partial charge in [0.15, 0.2) is 11.6 Å². The van der Waals surface area contributed by atoms with Crippen LogP contribution in [0.3, 0.4) is 0 Å². The molecule has 0 aliphatic carbocycles. The fourth-order valence-corrected chi connectivity index (χ4v) is 3.98. The molecule has 2 aromatic rings. The van der Waals surface area contributed by atoms with E-state index < -0.39 is 29.3 Å². The number of carbonyl (C=O) groups is 2. The normalized spacial score (nSPS) is 17.6. The molecular formula is C26H31FN2O5. The van der Waals surface area contributed by atoms with Crippen molar-refractivity contribution in [3.05, 3.63) is 65.0 Å². The minimum Gasteiger partial charge on any atom is -0.872 e. The Morgan fingerprint density at radius 3 is 2.38 bits per heavy atom. The second-order valence-electron chi connectivity index (χ2n) is 8.87. The highest BCUT2D eigenvalue weighted by atomic mass is 19.1. The molecular weight excluding hydrogens is 439 g/mol. The third kappa shape index (κ3) is 5.39. The summed E-state index contributed by atoms with van der Waals surface area (Å²) in [6.45, 7) is 4.64. The van der Waals surface area contributed by atoms with Crippen LogP contribution in [0.25, 0.3) is 5.76 Å². The molecule has 1 aliphatic rings. The van der Waals surface area contributed by atoms with Gasteiger partial charge in [-0.05, 0) is 49.2 Å². The van der Waals surface area contributed by atoms with Crippen LogP contribution < -0.4 is 19.5 Å². The van der Waals surface area contributed by atoms with E-state index in [4.69, 9.17) is 9.47 Å². The molecule has 1 amide bonds. The summed E-state index contributed by atoms with van der Waals surface area (Å²) < 4.78 is 25.2. The zero-order chi connectivity index (χ0) is 25.0. The number of methoxy groups -OCH3 is 1. The van der Waals surface area contributed by atoms with Gasteiger partial charge in [0.25, 0.3) is 5.91 Å². The molecule has 0 aromatic heterocycles. The summed E-state index contributed by atoms with van der Waals surface area (Å²) in [5.41, 5.74) is 0.424. The Kier molecular flexibility index (Phi) is 7.94. The van der Waals surface area contributed by atoms with Crippen molar-refractivity contribution in [1.82, 2.24) is 4.90 Å². The first-order chi connectivity index (χ1) is 16.1. The van der Waals surface area contributed by atoms with Crippen LogP contribution in [0.4, 0.5) is 4.39 Å². The van der Waals surface area contributed by atoms with E-state index in [9.17, 15) is 19.1 Å². The number of Topliss-reactive ketones (excluding diaryl/α,β-unsaturated/α-hetero) is 1. The molecule has 1 fully saturated rings. The molecule has 1 N–H and O–H groups in total. The Bertz CT molecular complexity index is 1080. The van der Waals surface area contributed by atoms with Crippen molar-refractivity contribution in [3.8, 4) is 11.5 Å². The zero-order valence-corrected chi connectivity index (χ0v) is 20.2. The van der Waals surface area contributed by atoms with E-state index in [1.807, 2.05) is 14.1 Å². The van der Waals surface area contributed by atoms with Crippen LogP contribution >= 0.6 is 0 Å². The number of hydrogen-bond donors (Lipinski definition) is 1. The average Bonchev–Trinajstić information content (AvgIpc) is 3.04. The van der Waals surface area contributed by atoms with Gasteiger partial charge in [-0.15, -0.1) is 0 Å². The highest BCUT2D eigenvalue weighted by molar-refractivity contribution is 6.46. The van der Waals surface area contributed by atoms with Crippen molar-refractivity contribution in [1.29, 1.82) is 0 Å². The van der Waals surface area contributed by atoms with Gasteiger partial charge in [0.2, 0.25) is 5.78 Å². The van der Waals surface area contributed by atoms with Gasteiger partial charge in [-0.1, -0.05) is 24.0 Å². The quantitative estimate of drug-likeness (QED) is 0.340. The monoisotopic (exact) mass is 470 g/mol. The standard InChI is InChI=1S/C26H31FN2O5/c1-16(2)34-21-12-9-18(15-20(21)27)24(30)22-23(17-7-10-19(33-5)11-8-17)29(26(32)25(22)31)14-6-13-28(3)4/h7-12,15-16,23,30H,6,13-14H2,1-5H3. The molecule has 3 rings (SSSR count). The first-order valence-electron chi connectivity index (χ1n) is 11.3. The lowest BCUT2D eigenvalue weighted by Gasteiger charge is -2.28. The van der Waals surface area contributed by atoms with Gasteiger partial charge < -0.3 is 24.4 Å². The van der Waals surface area contributed by atoms with Crippen LogP contribution in [0.15, 0.2) is 48.0 Å². The smallest absolute Gasteiger partial charge is 0.295 e. The van der Waals surface area contributed by atoms with Crippen LogP contribution in [0.1, 0.15) is 37.4 Å². The Morgan fingerprint density at radius 2 is 1.82 bits per heavy atom. The number of hydrogen-bond acceptors (Lipinski definition) is 5. The lowest BCUT2D eigenvalue weighted by atomic mass is 9.95. The highest BCUT2D eigenvalue weighted by Crippen LogP contribution is 2.39. The molecule has 2 aromatic carbocycles. The lowest BCUT2D eigenvalue weighted by Crippen LogP contribution is -3.05. The van der Waals surface area contributed by atoms with Crippen molar-refractivity contribution < 1.29 is 33.5 Å². The van der Waals surface area contributed by atoms with Gasteiger partial charge in [0.05, 0.1) is 39.9 Å². The minimum absolute atomic E-state index is 0.0112. The van der Waals surface area contributed by atoms with E-state index in [2.05, 4.69) is 0 Å². The highest BCUT2D eigenvalue weighted by Gasteiger charge is 2.44. The van der Waals surface area contributed by atoms with E-state index in [1.165, 1.54) is 29.0 Å². The number of ketones is 1. The van der Waals surface area contributed by atoms with E-state index in [1.54, 1.807) is 38.1 Å². The topological polar surface area (TPSA) is 83.3 Å². The Morgan fingerprint density at radius 1 is 1.15 bits per heavy atom. The van der Waals surface area contributed by atoms with Crippen molar-refractivity contribution >= 4 is 17.4 Å². The number of quaternary nitrogens is 1. The van der Waals surface area contributed by atoms with Gasteiger partial charge in [-0.2, -0.15) is 0 Å². The third-order valence-electron chi connectivity index (χ3n) is 5.59. The third-order valence-corrected chi connectivity index (χ3v) is 5.59. The van der Waals surface area contributed by atoms with Gasteiger partial charge in [0, 0.05) is 18.5 Å². The van der Waals surface area contributed by atoms with Crippen LogP contribution in [0.2, 0.25) is 0 Å². The summed E-state index contributed by atoms with van der Waals surface area (Å²) in [4.78, 5) is 28.6. The molecule has 0 bridgehead atoms. The van der Waals surface area contributed by atoms with E-state index >= 15 is 0 Å². The predicted molar refractivity (Wildman–Crippen MR) is 124 cm³/mol. The number of halogens is 1. The van der Waals surface area contributed by atoms with Crippen LogP contribution in [-0.4, -0.2) is 57.0 Å². The van der Waals surface area contributed by atoms with E-state index in [-0.39, 0.29) is 23.0 Å². The summed E-state index contributed by atoms with van der Waals surface area (Å²) in [5, 5.41) is 13.5. The number of likely N-dealkylation sites (tertiary alicyclic amines) is 1. The first kappa shape index (κ1) is 25.2. The Hall–Kier alpha value is -3.39. The summed E-state index contributed by atoms with van der Waals surface area (Å²) >= 11 is 0. The average molecular weight is 471 g/mol. The number of amides is 1. The molecule has 1 unspecified atom stereocenters. The second kappa shape index (κ2) is 10.7. The van der Waals surface area contributed by atoms with Gasteiger partial charge in [-0.25, -0.2) is 4.39 Å². The fraction of sp³-hybridized carbons (Fsp3) is 0.385. The zero-order valence-electron chi connectivity index (χ0n) is 20.2. The predicted octanol–water partition coefficient (Wildman–Crippen LogP) is 1.38. The van der Waals surface area contributed by atoms with Crippen molar-refractivity contribution in [2.24, 2.45) is 0 Å². The minimum atomic E-state index is -0.856. The molecule has 1 heterocycles.